The highest BCUT2D eigenvalue weighted by Crippen LogP contribution is 2.24. The van der Waals surface area contributed by atoms with Gasteiger partial charge in [0.05, 0.1) is 23.1 Å². The second-order valence-corrected chi connectivity index (χ2v) is 6.50. The van der Waals surface area contributed by atoms with Crippen LogP contribution in [-0.4, -0.2) is 35.7 Å². The van der Waals surface area contributed by atoms with Crippen LogP contribution in [0.2, 0.25) is 0 Å². The van der Waals surface area contributed by atoms with Crippen LogP contribution >= 0.6 is 0 Å². The van der Waals surface area contributed by atoms with E-state index in [1.54, 1.807) is 6.92 Å². The number of amides is 3. The lowest BCUT2D eigenvalue weighted by Crippen LogP contribution is -2.31. The predicted octanol–water partition coefficient (Wildman–Crippen LogP) is 2.41. The van der Waals surface area contributed by atoms with Gasteiger partial charge in [-0.25, -0.2) is 0 Å². The number of nitrogens with zero attached hydrogens (tertiary/aromatic N) is 2. The number of hydrogen-bond acceptors (Lipinski definition) is 4. The minimum absolute atomic E-state index is 0.225. The van der Waals surface area contributed by atoms with Gasteiger partial charge in [0.25, 0.3) is 17.7 Å². The van der Waals surface area contributed by atoms with Crippen molar-refractivity contribution in [1.29, 1.82) is 5.26 Å². The Bertz CT molecular complexity index is 931. The number of nitrogens with one attached hydrogen (secondary N) is 1. The summed E-state index contributed by atoms with van der Waals surface area (Å²) >= 11 is 0. The van der Waals surface area contributed by atoms with Gasteiger partial charge in [0.2, 0.25) is 0 Å². The molecule has 3 rings (SSSR count). The molecule has 0 saturated heterocycles. The lowest BCUT2D eigenvalue weighted by atomic mass is 10.1. The van der Waals surface area contributed by atoms with Gasteiger partial charge in [-0.2, -0.15) is 5.26 Å². The number of carbonyl (C=O) groups excluding carboxylic acids is 3. The Morgan fingerprint density at radius 2 is 1.81 bits per heavy atom. The summed E-state index contributed by atoms with van der Waals surface area (Å²) in [6.07, 6.45) is 0.575. The number of carbonyl (C=O) groups is 3. The van der Waals surface area contributed by atoms with Crippen LogP contribution in [0.4, 0.5) is 0 Å². The molecule has 1 aliphatic rings. The molecule has 0 radical (unpaired) electrons. The molecule has 0 aromatic heterocycles. The zero-order chi connectivity index (χ0) is 19.4. The van der Waals surface area contributed by atoms with Crippen LogP contribution in [0.25, 0.3) is 0 Å². The normalized spacial score (nSPS) is 13.9. The summed E-state index contributed by atoms with van der Waals surface area (Å²) in [6.45, 7) is 2.22. The van der Waals surface area contributed by atoms with Crippen LogP contribution in [0.15, 0.2) is 48.5 Å². The van der Waals surface area contributed by atoms with Gasteiger partial charge < -0.3 is 5.32 Å². The molecule has 0 saturated carbocycles. The minimum atomic E-state index is -0.383. The van der Waals surface area contributed by atoms with E-state index in [4.69, 9.17) is 5.26 Å². The van der Waals surface area contributed by atoms with Crippen molar-refractivity contribution < 1.29 is 14.4 Å². The maximum atomic E-state index is 12.6. The molecule has 0 bridgehead atoms. The molecule has 1 unspecified atom stereocenters. The zero-order valence-electron chi connectivity index (χ0n) is 14.9. The van der Waals surface area contributed by atoms with Crippen LogP contribution in [0, 0.1) is 17.2 Å². The van der Waals surface area contributed by atoms with E-state index in [1.165, 1.54) is 23.1 Å². The van der Waals surface area contributed by atoms with E-state index in [2.05, 4.69) is 5.32 Å². The van der Waals surface area contributed by atoms with E-state index >= 15 is 0 Å². The Morgan fingerprint density at radius 3 is 2.52 bits per heavy atom. The smallest absolute Gasteiger partial charge is 0.261 e. The molecule has 0 aliphatic carbocycles. The third kappa shape index (κ3) is 3.87. The molecular weight excluding hydrogens is 342 g/mol. The maximum Gasteiger partial charge on any atom is 0.261 e. The van der Waals surface area contributed by atoms with Gasteiger partial charge in [0.1, 0.15) is 0 Å². The largest absolute Gasteiger partial charge is 0.351 e. The Morgan fingerprint density at radius 1 is 1.11 bits per heavy atom. The van der Waals surface area contributed by atoms with Crippen molar-refractivity contribution in [3.63, 3.8) is 0 Å². The molecule has 3 amide bonds. The van der Waals surface area contributed by atoms with Crippen molar-refractivity contribution >= 4 is 17.7 Å². The van der Waals surface area contributed by atoms with E-state index in [-0.39, 0.29) is 42.3 Å². The van der Waals surface area contributed by atoms with Crippen LogP contribution in [-0.2, 0) is 6.42 Å². The fraction of sp³-hybridized carbons (Fsp3) is 0.238. The number of hydrogen-bond donors (Lipinski definition) is 1. The lowest BCUT2D eigenvalue weighted by molar-refractivity contribution is 0.0656. The molecule has 1 N–H and O–H groups in total. The lowest BCUT2D eigenvalue weighted by Gasteiger charge is -2.13. The Hall–Kier alpha value is -3.46. The molecule has 2 aromatic rings. The van der Waals surface area contributed by atoms with E-state index in [0.717, 1.165) is 5.56 Å². The number of benzene rings is 2. The van der Waals surface area contributed by atoms with E-state index in [0.29, 0.717) is 17.5 Å². The third-order valence-corrected chi connectivity index (χ3v) is 4.49. The summed E-state index contributed by atoms with van der Waals surface area (Å²) in [5, 5.41) is 11.4. The molecule has 6 heteroatoms. The summed E-state index contributed by atoms with van der Waals surface area (Å²) in [5.41, 5.74) is 1.90. The maximum absolute atomic E-state index is 12.6. The summed E-state index contributed by atoms with van der Waals surface area (Å²) in [6, 6.07) is 16.2. The second kappa shape index (κ2) is 7.83. The summed E-state index contributed by atoms with van der Waals surface area (Å²) in [7, 11) is 0. The van der Waals surface area contributed by atoms with Crippen molar-refractivity contribution in [3.8, 4) is 6.07 Å². The van der Waals surface area contributed by atoms with Gasteiger partial charge in [0.15, 0.2) is 0 Å². The highest BCUT2D eigenvalue weighted by atomic mass is 16.2. The molecule has 27 heavy (non-hydrogen) atoms. The van der Waals surface area contributed by atoms with E-state index in [9.17, 15) is 14.4 Å². The van der Waals surface area contributed by atoms with Gasteiger partial charge in [0, 0.05) is 18.7 Å². The molecule has 0 spiro atoms. The first kappa shape index (κ1) is 18.3. The molecule has 1 atom stereocenters. The van der Waals surface area contributed by atoms with E-state index < -0.39 is 0 Å². The van der Waals surface area contributed by atoms with Crippen molar-refractivity contribution in [1.82, 2.24) is 10.2 Å². The predicted molar refractivity (Wildman–Crippen MR) is 99.1 cm³/mol. The molecule has 1 heterocycles. The zero-order valence-corrected chi connectivity index (χ0v) is 14.9. The number of rotatable bonds is 6. The molecule has 2 aromatic carbocycles. The average Bonchev–Trinajstić information content (AvgIpc) is 2.94. The Labute approximate surface area is 157 Å². The quantitative estimate of drug-likeness (QED) is 0.800. The van der Waals surface area contributed by atoms with Crippen molar-refractivity contribution in [2.24, 2.45) is 5.92 Å². The number of imide groups is 1. The van der Waals surface area contributed by atoms with Crippen LogP contribution in [0.5, 0.6) is 0 Å². The SMILES string of the molecule is CC(C#N)CNC(=O)c1ccc2c(c1)C(=O)N(CCc1ccccc1)C2=O. The van der Waals surface area contributed by atoms with Crippen LogP contribution in [0.3, 0.4) is 0 Å². The number of nitriles is 1. The molecular formula is C21H19N3O3. The van der Waals surface area contributed by atoms with Crippen molar-refractivity contribution in [2.45, 2.75) is 13.3 Å². The first-order valence-electron chi connectivity index (χ1n) is 8.73. The van der Waals surface area contributed by atoms with Gasteiger partial charge in [-0.3, -0.25) is 19.3 Å². The van der Waals surface area contributed by atoms with Gasteiger partial charge >= 0.3 is 0 Å². The topological polar surface area (TPSA) is 90.3 Å². The van der Waals surface area contributed by atoms with Gasteiger partial charge in [-0.15, -0.1) is 0 Å². The van der Waals surface area contributed by atoms with Crippen LogP contribution in [0.1, 0.15) is 43.6 Å². The third-order valence-electron chi connectivity index (χ3n) is 4.49. The first-order chi connectivity index (χ1) is 13.0. The second-order valence-electron chi connectivity index (χ2n) is 6.50. The summed E-state index contributed by atoms with van der Waals surface area (Å²) < 4.78 is 0. The summed E-state index contributed by atoms with van der Waals surface area (Å²) in [4.78, 5) is 38.6. The van der Waals surface area contributed by atoms with Gasteiger partial charge in [-0.05, 0) is 37.1 Å². The molecule has 0 fully saturated rings. The molecule has 136 valence electrons. The summed E-state index contributed by atoms with van der Waals surface area (Å²) in [5.74, 6) is -1.40. The van der Waals surface area contributed by atoms with Crippen LogP contribution < -0.4 is 5.32 Å². The minimum Gasteiger partial charge on any atom is -0.351 e. The highest BCUT2D eigenvalue weighted by Gasteiger charge is 2.35. The molecule has 1 aliphatic heterocycles. The highest BCUT2D eigenvalue weighted by molar-refractivity contribution is 6.22. The standard InChI is InChI=1S/C21H19N3O3/c1-14(12-22)13-23-19(25)16-7-8-17-18(11-16)21(27)24(20(17)26)10-9-15-5-3-2-4-6-15/h2-8,11,14H,9-10,13H2,1H3,(H,23,25). The molecule has 6 nitrogen and oxygen atoms in total. The fourth-order valence-electron chi connectivity index (χ4n) is 2.91. The number of fused-ring (bicyclic) bond motifs is 1. The Balaban J connectivity index is 1.72. The average molecular weight is 361 g/mol. The monoisotopic (exact) mass is 361 g/mol. The Kier molecular flexibility index (Phi) is 5.32. The van der Waals surface area contributed by atoms with E-state index in [1.807, 2.05) is 36.4 Å². The van der Waals surface area contributed by atoms with Gasteiger partial charge in [-0.1, -0.05) is 30.3 Å². The van der Waals surface area contributed by atoms with Crippen molar-refractivity contribution in [3.05, 3.63) is 70.8 Å². The fourth-order valence-corrected chi connectivity index (χ4v) is 2.91. The van der Waals surface area contributed by atoms with Crippen molar-refractivity contribution in [2.75, 3.05) is 13.1 Å². The first-order valence-corrected chi connectivity index (χ1v) is 8.73.